The highest BCUT2D eigenvalue weighted by atomic mass is 16.4. The molecule has 0 rings (SSSR count). The molecule has 6 nitrogen and oxygen atoms in total. The second kappa shape index (κ2) is 7.19. The summed E-state index contributed by atoms with van der Waals surface area (Å²) in [6.07, 6.45) is 0.763. The lowest BCUT2D eigenvalue weighted by atomic mass is 10.1. The van der Waals surface area contributed by atoms with Crippen molar-refractivity contribution in [1.82, 2.24) is 5.32 Å². The number of hydrogen-bond donors (Lipinski definition) is 4. The number of nitrogens with one attached hydrogen (secondary N) is 1. The largest absolute Gasteiger partial charge is 0.480 e. The molecule has 0 aliphatic heterocycles. The molecule has 0 radical (unpaired) electrons. The fraction of sp³-hybridized carbons (Fsp3) is 0.778. The molecule has 2 atom stereocenters. The fourth-order valence-corrected chi connectivity index (χ4v) is 1.02. The second-order valence-electron chi connectivity index (χ2n) is 3.34. The van der Waals surface area contributed by atoms with Crippen LogP contribution in [0.1, 0.15) is 26.2 Å². The van der Waals surface area contributed by atoms with Crippen LogP contribution in [0.5, 0.6) is 0 Å². The maximum atomic E-state index is 11.3. The van der Waals surface area contributed by atoms with Gasteiger partial charge in [0.2, 0.25) is 5.91 Å². The topological polar surface area (TPSA) is 113 Å². The minimum Gasteiger partial charge on any atom is -0.480 e. The molecular formula is C9H18N2O4. The minimum absolute atomic E-state index is 0.00242. The molecule has 0 aromatic carbocycles. The molecule has 6 heteroatoms. The molecule has 0 aliphatic carbocycles. The van der Waals surface area contributed by atoms with Crippen molar-refractivity contribution >= 4 is 11.9 Å². The van der Waals surface area contributed by atoms with Crippen molar-refractivity contribution in [3.05, 3.63) is 0 Å². The number of carbonyl (C=O) groups excluding carboxylic acids is 1. The van der Waals surface area contributed by atoms with Gasteiger partial charge in [-0.3, -0.25) is 4.79 Å². The summed E-state index contributed by atoms with van der Waals surface area (Å²) in [5.74, 6) is -1.55. The Balaban J connectivity index is 4.05. The Kier molecular flexibility index (Phi) is 6.64. The average molecular weight is 218 g/mol. The van der Waals surface area contributed by atoms with E-state index >= 15 is 0 Å². The van der Waals surface area contributed by atoms with Gasteiger partial charge in [0.1, 0.15) is 6.04 Å². The Morgan fingerprint density at radius 3 is 2.47 bits per heavy atom. The summed E-state index contributed by atoms with van der Waals surface area (Å²) in [6.45, 7) is 1.57. The zero-order valence-electron chi connectivity index (χ0n) is 8.77. The van der Waals surface area contributed by atoms with E-state index in [0.717, 1.165) is 0 Å². The monoisotopic (exact) mass is 218 g/mol. The lowest BCUT2D eigenvalue weighted by Gasteiger charge is -2.14. The van der Waals surface area contributed by atoms with Gasteiger partial charge in [-0.1, -0.05) is 6.92 Å². The molecule has 0 aromatic heterocycles. The predicted octanol–water partition coefficient (Wildman–Crippen LogP) is -0.934. The van der Waals surface area contributed by atoms with Crippen LogP contribution in [0.2, 0.25) is 0 Å². The van der Waals surface area contributed by atoms with Gasteiger partial charge in [-0.05, 0) is 6.42 Å². The zero-order valence-corrected chi connectivity index (χ0v) is 8.77. The van der Waals surface area contributed by atoms with Crippen molar-refractivity contribution in [1.29, 1.82) is 0 Å². The van der Waals surface area contributed by atoms with Crippen LogP contribution in [0.15, 0.2) is 0 Å². The van der Waals surface area contributed by atoms with Crippen LogP contribution in [0.4, 0.5) is 0 Å². The normalized spacial score (nSPS) is 14.3. The van der Waals surface area contributed by atoms with E-state index in [-0.39, 0.29) is 25.5 Å². The number of aliphatic hydroxyl groups is 1. The van der Waals surface area contributed by atoms with Gasteiger partial charge >= 0.3 is 5.97 Å². The number of carbonyl (C=O) groups is 2. The van der Waals surface area contributed by atoms with Crippen LogP contribution in [0.25, 0.3) is 0 Å². The number of hydrogen-bond acceptors (Lipinski definition) is 4. The molecule has 1 unspecified atom stereocenters. The van der Waals surface area contributed by atoms with Crippen LogP contribution in [-0.4, -0.2) is 40.8 Å². The SMILES string of the molecule is CCC(N)CC(=O)N[C@H](CCO)C(=O)O. The Morgan fingerprint density at radius 2 is 2.07 bits per heavy atom. The molecule has 0 spiro atoms. The first-order valence-corrected chi connectivity index (χ1v) is 4.89. The van der Waals surface area contributed by atoms with E-state index in [9.17, 15) is 9.59 Å². The highest BCUT2D eigenvalue weighted by molar-refractivity contribution is 5.83. The highest BCUT2D eigenvalue weighted by Gasteiger charge is 2.19. The van der Waals surface area contributed by atoms with Gasteiger partial charge in [0.05, 0.1) is 0 Å². The van der Waals surface area contributed by atoms with Crippen LogP contribution in [-0.2, 0) is 9.59 Å². The Labute approximate surface area is 88.5 Å². The molecule has 0 aromatic rings. The summed E-state index contributed by atoms with van der Waals surface area (Å²) in [5, 5.41) is 19.6. The first-order chi connectivity index (χ1) is 7.01. The molecule has 0 saturated heterocycles. The average Bonchev–Trinajstić information content (AvgIpc) is 2.16. The minimum atomic E-state index is -1.15. The van der Waals surface area contributed by atoms with E-state index in [0.29, 0.717) is 6.42 Å². The number of amides is 1. The number of nitrogens with two attached hydrogens (primary N) is 1. The number of aliphatic hydroxyl groups excluding tert-OH is 1. The molecule has 88 valence electrons. The van der Waals surface area contributed by atoms with Gasteiger partial charge in [-0.25, -0.2) is 4.79 Å². The van der Waals surface area contributed by atoms with Gasteiger partial charge in [0, 0.05) is 25.5 Å². The summed E-state index contributed by atoms with van der Waals surface area (Å²) in [4.78, 5) is 21.9. The van der Waals surface area contributed by atoms with Gasteiger partial charge < -0.3 is 21.3 Å². The molecule has 0 aliphatic rings. The van der Waals surface area contributed by atoms with Crippen LogP contribution in [0.3, 0.4) is 0 Å². The van der Waals surface area contributed by atoms with E-state index in [1.807, 2.05) is 6.92 Å². The third-order valence-corrected chi connectivity index (χ3v) is 2.02. The lowest BCUT2D eigenvalue weighted by molar-refractivity contribution is -0.142. The first-order valence-electron chi connectivity index (χ1n) is 4.89. The zero-order chi connectivity index (χ0) is 11.8. The van der Waals surface area contributed by atoms with Gasteiger partial charge in [-0.2, -0.15) is 0 Å². The van der Waals surface area contributed by atoms with E-state index < -0.39 is 17.9 Å². The molecule has 0 bridgehead atoms. The Morgan fingerprint density at radius 1 is 1.47 bits per heavy atom. The molecule has 0 fully saturated rings. The molecule has 0 saturated carbocycles. The molecule has 15 heavy (non-hydrogen) atoms. The number of carboxylic acids is 1. The van der Waals surface area contributed by atoms with E-state index in [4.69, 9.17) is 15.9 Å². The van der Waals surface area contributed by atoms with Crippen molar-refractivity contribution < 1.29 is 19.8 Å². The Hall–Kier alpha value is -1.14. The van der Waals surface area contributed by atoms with Crippen molar-refractivity contribution in [2.75, 3.05) is 6.61 Å². The fourth-order valence-electron chi connectivity index (χ4n) is 1.02. The number of aliphatic carboxylic acids is 1. The van der Waals surface area contributed by atoms with Crippen LogP contribution >= 0.6 is 0 Å². The summed E-state index contributed by atoms with van der Waals surface area (Å²) in [6, 6.07) is -1.29. The van der Waals surface area contributed by atoms with Crippen molar-refractivity contribution in [2.45, 2.75) is 38.3 Å². The third-order valence-electron chi connectivity index (χ3n) is 2.02. The van der Waals surface area contributed by atoms with Crippen molar-refractivity contribution in [3.63, 3.8) is 0 Å². The van der Waals surface area contributed by atoms with E-state index in [1.54, 1.807) is 0 Å². The quantitative estimate of drug-likeness (QED) is 0.441. The highest BCUT2D eigenvalue weighted by Crippen LogP contribution is 1.96. The van der Waals surface area contributed by atoms with Gasteiger partial charge in [-0.15, -0.1) is 0 Å². The Bertz CT molecular complexity index is 220. The van der Waals surface area contributed by atoms with Crippen LogP contribution < -0.4 is 11.1 Å². The smallest absolute Gasteiger partial charge is 0.326 e. The maximum absolute atomic E-state index is 11.3. The lowest BCUT2D eigenvalue weighted by Crippen LogP contribution is -2.43. The van der Waals surface area contributed by atoms with E-state index in [1.165, 1.54) is 0 Å². The number of carboxylic acid groups (broad SMARTS) is 1. The summed E-state index contributed by atoms with van der Waals surface area (Å²) in [5.41, 5.74) is 5.54. The first kappa shape index (κ1) is 13.9. The molecule has 5 N–H and O–H groups in total. The third kappa shape index (κ3) is 6.03. The number of rotatable bonds is 7. The summed E-state index contributed by atoms with van der Waals surface area (Å²) in [7, 11) is 0. The van der Waals surface area contributed by atoms with Gasteiger partial charge in [0.15, 0.2) is 0 Å². The maximum Gasteiger partial charge on any atom is 0.326 e. The molecule has 1 amide bonds. The summed E-state index contributed by atoms with van der Waals surface area (Å²) < 4.78 is 0. The van der Waals surface area contributed by atoms with Gasteiger partial charge in [0.25, 0.3) is 0 Å². The molecule has 0 heterocycles. The van der Waals surface area contributed by atoms with E-state index in [2.05, 4.69) is 5.32 Å². The van der Waals surface area contributed by atoms with Crippen molar-refractivity contribution in [3.8, 4) is 0 Å². The second-order valence-corrected chi connectivity index (χ2v) is 3.34. The van der Waals surface area contributed by atoms with Crippen molar-refractivity contribution in [2.24, 2.45) is 5.73 Å². The van der Waals surface area contributed by atoms with Crippen LogP contribution in [0, 0.1) is 0 Å². The molecular weight excluding hydrogens is 200 g/mol. The summed E-state index contributed by atoms with van der Waals surface area (Å²) >= 11 is 0. The standard InChI is InChI=1S/C9H18N2O4/c1-2-6(10)5-8(13)11-7(3-4-12)9(14)15/h6-7,12H,2-5,10H2,1H3,(H,11,13)(H,14,15)/t6?,7-/m1/s1. The predicted molar refractivity (Wildman–Crippen MR) is 54.2 cm³/mol.